The van der Waals surface area contributed by atoms with Gasteiger partial charge >= 0.3 is 5.97 Å². The maximum atomic E-state index is 12.5. The Hall–Kier alpha value is -3.11. The van der Waals surface area contributed by atoms with Crippen LogP contribution in [0.4, 0.5) is 5.69 Å². The first kappa shape index (κ1) is 22.6. The lowest BCUT2D eigenvalue weighted by Crippen LogP contribution is -2.29. The molecule has 3 N–H and O–H groups in total. The van der Waals surface area contributed by atoms with Crippen molar-refractivity contribution in [3.8, 4) is 5.75 Å². The third-order valence-corrected chi connectivity index (χ3v) is 5.86. The average Bonchev–Trinajstić information content (AvgIpc) is 3.32. The van der Waals surface area contributed by atoms with Gasteiger partial charge in [0.15, 0.2) is 0 Å². The summed E-state index contributed by atoms with van der Waals surface area (Å²) in [6.07, 6.45) is 5.47. The van der Waals surface area contributed by atoms with Crippen LogP contribution in [0.15, 0.2) is 45.9 Å². The predicted octanol–water partition coefficient (Wildman–Crippen LogP) is 4.08. The van der Waals surface area contributed by atoms with Crippen molar-refractivity contribution in [2.24, 2.45) is 0 Å². The van der Waals surface area contributed by atoms with Gasteiger partial charge in [0, 0.05) is 24.7 Å². The van der Waals surface area contributed by atoms with Crippen LogP contribution in [0.5, 0.6) is 5.75 Å². The summed E-state index contributed by atoms with van der Waals surface area (Å²) in [6, 6.07) is 7.38. The largest absolute Gasteiger partial charge is 0.507 e. The Kier molecular flexibility index (Phi) is 7.48. The van der Waals surface area contributed by atoms with Gasteiger partial charge in [-0.1, -0.05) is 30.4 Å². The van der Waals surface area contributed by atoms with Gasteiger partial charge in [0.25, 0.3) is 5.91 Å². The fourth-order valence-electron chi connectivity index (χ4n) is 2.94. The topological polar surface area (TPSA) is 120 Å². The monoisotopic (exact) mass is 460 g/mol. The first-order chi connectivity index (χ1) is 14.8. The molecule has 3 rings (SSSR count). The van der Waals surface area contributed by atoms with Gasteiger partial charge in [-0.05, 0) is 43.2 Å². The number of aromatic carboxylic acids is 1. The number of carboxylic acids is 1. The molecule has 0 aliphatic carbocycles. The molecule has 0 radical (unpaired) electrons. The second-order valence-electron chi connectivity index (χ2n) is 6.74. The van der Waals surface area contributed by atoms with Crippen LogP contribution in [0.25, 0.3) is 6.08 Å². The first-order valence-electron chi connectivity index (χ1n) is 9.50. The maximum Gasteiger partial charge on any atom is 0.339 e. The SMILES string of the molecule is O=C(CCCCCN1C(=O)/C(=C\c2ccco2)SC1=S)Nc1ccc(O)c(C(=O)O)c1. The number of benzene rings is 1. The third kappa shape index (κ3) is 5.96. The molecule has 0 atom stereocenters. The number of thioether (sulfide) groups is 1. The minimum atomic E-state index is -1.27. The number of phenols is 1. The van der Waals surface area contributed by atoms with E-state index in [4.69, 9.17) is 21.7 Å². The number of furan rings is 1. The summed E-state index contributed by atoms with van der Waals surface area (Å²) >= 11 is 6.53. The fraction of sp³-hybridized carbons (Fsp3) is 0.238. The first-order valence-corrected chi connectivity index (χ1v) is 10.7. The van der Waals surface area contributed by atoms with E-state index in [2.05, 4.69) is 5.32 Å². The van der Waals surface area contributed by atoms with Gasteiger partial charge in [-0.15, -0.1) is 0 Å². The van der Waals surface area contributed by atoms with E-state index in [0.717, 1.165) is 6.42 Å². The lowest BCUT2D eigenvalue weighted by Gasteiger charge is -2.14. The van der Waals surface area contributed by atoms with Crippen LogP contribution in [-0.2, 0) is 9.59 Å². The summed E-state index contributed by atoms with van der Waals surface area (Å²) in [6.45, 7) is 0.474. The van der Waals surface area contributed by atoms with Crippen molar-refractivity contribution < 1.29 is 29.0 Å². The molecule has 8 nitrogen and oxygen atoms in total. The van der Waals surface area contributed by atoms with Crippen LogP contribution < -0.4 is 5.32 Å². The zero-order valence-corrected chi connectivity index (χ0v) is 18.0. The minimum Gasteiger partial charge on any atom is -0.507 e. The summed E-state index contributed by atoms with van der Waals surface area (Å²) in [7, 11) is 0. The number of carbonyl (C=O) groups excluding carboxylic acids is 2. The molecule has 1 aliphatic rings. The number of thiocarbonyl (C=S) groups is 1. The van der Waals surface area contributed by atoms with E-state index in [1.165, 1.54) is 36.2 Å². The number of nitrogens with one attached hydrogen (secondary N) is 1. The van der Waals surface area contributed by atoms with Crippen molar-refractivity contribution in [1.82, 2.24) is 4.90 Å². The number of nitrogens with zero attached hydrogens (tertiary/aromatic N) is 1. The highest BCUT2D eigenvalue weighted by molar-refractivity contribution is 8.26. The molecule has 2 aromatic rings. The molecule has 2 heterocycles. The molecule has 1 aliphatic heterocycles. The fourth-order valence-corrected chi connectivity index (χ4v) is 4.22. The highest BCUT2D eigenvalue weighted by Crippen LogP contribution is 2.32. The highest BCUT2D eigenvalue weighted by Gasteiger charge is 2.31. The summed E-state index contributed by atoms with van der Waals surface area (Å²) in [4.78, 5) is 37.7. The summed E-state index contributed by atoms with van der Waals surface area (Å²) in [5.74, 6) is -1.45. The van der Waals surface area contributed by atoms with E-state index < -0.39 is 5.97 Å². The van der Waals surface area contributed by atoms with E-state index in [1.807, 2.05) is 0 Å². The van der Waals surface area contributed by atoms with Crippen LogP contribution >= 0.6 is 24.0 Å². The molecule has 0 saturated carbocycles. The Morgan fingerprint density at radius 2 is 2.03 bits per heavy atom. The molecule has 0 spiro atoms. The summed E-state index contributed by atoms with van der Waals surface area (Å²) in [5, 5.41) is 21.1. The second kappa shape index (κ2) is 10.3. The van der Waals surface area contributed by atoms with Gasteiger partial charge in [-0.2, -0.15) is 0 Å². The molecular weight excluding hydrogens is 440 g/mol. The van der Waals surface area contributed by atoms with Gasteiger partial charge in [0.05, 0.1) is 11.2 Å². The molecule has 1 aromatic heterocycles. The molecule has 31 heavy (non-hydrogen) atoms. The normalized spacial score (nSPS) is 15.0. The van der Waals surface area contributed by atoms with Crippen molar-refractivity contribution in [2.75, 3.05) is 11.9 Å². The molecule has 1 saturated heterocycles. The smallest absolute Gasteiger partial charge is 0.339 e. The molecule has 0 bridgehead atoms. The van der Waals surface area contributed by atoms with Crippen LogP contribution in [0, 0.1) is 0 Å². The van der Waals surface area contributed by atoms with Crippen LogP contribution in [0.1, 0.15) is 41.8 Å². The Bertz CT molecular complexity index is 1030. The van der Waals surface area contributed by atoms with Crippen molar-refractivity contribution >= 4 is 57.8 Å². The molecule has 1 aromatic carbocycles. The summed E-state index contributed by atoms with van der Waals surface area (Å²) in [5.41, 5.74) is 0.0310. The van der Waals surface area contributed by atoms with Gasteiger partial charge in [-0.3, -0.25) is 14.5 Å². The number of rotatable bonds is 9. The van der Waals surface area contributed by atoms with E-state index in [1.54, 1.807) is 23.1 Å². The number of carbonyl (C=O) groups is 3. The highest BCUT2D eigenvalue weighted by atomic mass is 32.2. The molecule has 1 fully saturated rings. The maximum absolute atomic E-state index is 12.5. The molecule has 0 unspecified atom stereocenters. The van der Waals surface area contributed by atoms with Gasteiger partial charge in [0.2, 0.25) is 5.91 Å². The number of aromatic hydroxyl groups is 1. The number of carboxylic acid groups (broad SMARTS) is 1. The molecular formula is C21H20N2O6S2. The Morgan fingerprint density at radius 1 is 1.23 bits per heavy atom. The molecule has 162 valence electrons. The minimum absolute atomic E-state index is 0.147. The van der Waals surface area contributed by atoms with Gasteiger partial charge in [-0.25, -0.2) is 4.79 Å². The molecule has 2 amide bonds. The van der Waals surface area contributed by atoms with E-state index >= 15 is 0 Å². The second-order valence-corrected chi connectivity index (χ2v) is 8.42. The van der Waals surface area contributed by atoms with Gasteiger partial charge < -0.3 is 19.9 Å². The quantitative estimate of drug-likeness (QED) is 0.222. The summed E-state index contributed by atoms with van der Waals surface area (Å²) < 4.78 is 5.74. The Balaban J connectivity index is 1.41. The predicted molar refractivity (Wildman–Crippen MR) is 121 cm³/mol. The average molecular weight is 461 g/mol. The number of hydrogen-bond donors (Lipinski definition) is 3. The van der Waals surface area contributed by atoms with Crippen molar-refractivity contribution in [2.45, 2.75) is 25.7 Å². The lowest BCUT2D eigenvalue weighted by atomic mass is 10.1. The number of anilines is 1. The zero-order valence-electron chi connectivity index (χ0n) is 16.4. The van der Waals surface area contributed by atoms with E-state index in [0.29, 0.717) is 40.1 Å². The van der Waals surface area contributed by atoms with Crippen LogP contribution in [-0.4, -0.2) is 43.8 Å². The van der Waals surface area contributed by atoms with Crippen LogP contribution in [0.2, 0.25) is 0 Å². The lowest BCUT2D eigenvalue weighted by molar-refractivity contribution is -0.122. The Labute approximate surface area is 187 Å². The molecule has 10 heteroatoms. The van der Waals surface area contributed by atoms with E-state index in [-0.39, 0.29) is 29.5 Å². The standard InChI is InChI=1S/C21H20N2O6S2/c24-16-8-7-13(11-15(16)20(27)28)22-18(25)6-2-1-3-9-23-19(26)17(31-21(23)30)12-14-5-4-10-29-14/h4-5,7-8,10-12,24H,1-3,6,9H2,(H,22,25)(H,27,28)/b17-12+. The third-order valence-electron chi connectivity index (χ3n) is 4.49. The van der Waals surface area contributed by atoms with Crippen LogP contribution in [0.3, 0.4) is 0 Å². The van der Waals surface area contributed by atoms with Gasteiger partial charge in [0.1, 0.15) is 21.4 Å². The number of hydrogen-bond acceptors (Lipinski definition) is 7. The van der Waals surface area contributed by atoms with Crippen molar-refractivity contribution in [3.63, 3.8) is 0 Å². The zero-order chi connectivity index (χ0) is 22.4. The van der Waals surface area contributed by atoms with Crippen molar-refractivity contribution in [1.29, 1.82) is 0 Å². The number of unbranched alkanes of at least 4 members (excludes halogenated alkanes) is 2. The van der Waals surface area contributed by atoms with Crippen molar-refractivity contribution in [3.05, 3.63) is 52.8 Å². The van der Waals surface area contributed by atoms with E-state index in [9.17, 15) is 19.5 Å². The number of amides is 2. The Morgan fingerprint density at radius 3 is 2.74 bits per heavy atom.